The molecule has 0 bridgehead atoms. The molecule has 0 amide bonds. The van der Waals surface area contributed by atoms with E-state index in [0.717, 1.165) is 12.8 Å². The smallest absolute Gasteiger partial charge is 0.0236 e. The van der Waals surface area contributed by atoms with Crippen LogP contribution >= 0.6 is 0 Å². The molecular formula is C19H24. The molecule has 0 radical (unpaired) electrons. The first-order chi connectivity index (χ1) is 9.40. The molecule has 2 rings (SSSR count). The number of hydrogen-bond acceptors (Lipinski definition) is 0. The van der Waals surface area contributed by atoms with Gasteiger partial charge in [-0.1, -0.05) is 74.4 Å². The first-order valence-corrected chi connectivity index (χ1v) is 7.51. The van der Waals surface area contributed by atoms with Gasteiger partial charge in [0, 0.05) is 0 Å². The summed E-state index contributed by atoms with van der Waals surface area (Å²) in [5.41, 5.74) is 4.51. The van der Waals surface area contributed by atoms with Crippen molar-refractivity contribution < 1.29 is 0 Å². The molecule has 0 heterocycles. The quantitative estimate of drug-likeness (QED) is 0.594. The summed E-state index contributed by atoms with van der Waals surface area (Å²) in [6.45, 7) is 2.27. The van der Waals surface area contributed by atoms with E-state index < -0.39 is 0 Å². The molecule has 19 heavy (non-hydrogen) atoms. The fourth-order valence-electron chi connectivity index (χ4n) is 2.53. The molecule has 0 spiro atoms. The van der Waals surface area contributed by atoms with Crippen LogP contribution in [0.15, 0.2) is 54.6 Å². The lowest BCUT2D eigenvalue weighted by atomic mass is 9.96. The highest BCUT2D eigenvalue weighted by Crippen LogP contribution is 2.15. The molecule has 0 saturated carbocycles. The second-order valence-electron chi connectivity index (χ2n) is 5.21. The summed E-state index contributed by atoms with van der Waals surface area (Å²) in [5.74, 6) is 0. The summed E-state index contributed by atoms with van der Waals surface area (Å²) in [6.07, 6.45) is 7.49. The fourth-order valence-corrected chi connectivity index (χ4v) is 2.53. The van der Waals surface area contributed by atoms with Crippen molar-refractivity contribution in [1.82, 2.24) is 0 Å². The summed E-state index contributed by atoms with van der Waals surface area (Å²) < 4.78 is 0. The van der Waals surface area contributed by atoms with Crippen molar-refractivity contribution in [3.63, 3.8) is 0 Å². The van der Waals surface area contributed by atoms with E-state index in [-0.39, 0.29) is 0 Å². The van der Waals surface area contributed by atoms with Gasteiger partial charge in [0.2, 0.25) is 0 Å². The third kappa shape index (κ3) is 4.55. The zero-order chi connectivity index (χ0) is 13.3. The SMILES string of the molecule is CCCCCc1ccccc1CCc1ccccc1. The Bertz CT molecular complexity index is 470. The topological polar surface area (TPSA) is 0 Å². The van der Waals surface area contributed by atoms with Crippen LogP contribution in [-0.4, -0.2) is 0 Å². The number of hydrogen-bond donors (Lipinski definition) is 0. The van der Waals surface area contributed by atoms with Crippen molar-refractivity contribution in [3.05, 3.63) is 71.3 Å². The van der Waals surface area contributed by atoms with E-state index in [1.807, 2.05) is 0 Å². The average Bonchev–Trinajstić information content (AvgIpc) is 2.48. The maximum atomic E-state index is 2.30. The molecule has 0 nitrogen and oxygen atoms in total. The molecule has 0 fully saturated rings. The van der Waals surface area contributed by atoms with E-state index in [0.29, 0.717) is 0 Å². The molecule has 0 atom stereocenters. The average molecular weight is 252 g/mol. The van der Waals surface area contributed by atoms with Crippen LogP contribution < -0.4 is 0 Å². The van der Waals surface area contributed by atoms with Crippen molar-refractivity contribution >= 4 is 0 Å². The lowest BCUT2D eigenvalue weighted by Crippen LogP contribution is -1.97. The van der Waals surface area contributed by atoms with Gasteiger partial charge < -0.3 is 0 Å². The standard InChI is InChI=1S/C19H24/c1-2-3-5-12-18-13-8-9-14-19(18)16-15-17-10-6-4-7-11-17/h4,6-11,13-14H,2-3,5,12,15-16H2,1H3. The van der Waals surface area contributed by atoms with Crippen molar-refractivity contribution in [2.24, 2.45) is 0 Å². The Balaban J connectivity index is 1.95. The summed E-state index contributed by atoms with van der Waals surface area (Å²) in [4.78, 5) is 0. The van der Waals surface area contributed by atoms with Crippen LogP contribution in [0.2, 0.25) is 0 Å². The van der Waals surface area contributed by atoms with Gasteiger partial charge >= 0.3 is 0 Å². The molecule has 0 aliphatic rings. The molecule has 0 unspecified atom stereocenters. The van der Waals surface area contributed by atoms with Crippen molar-refractivity contribution in [1.29, 1.82) is 0 Å². The molecule has 0 heteroatoms. The predicted molar refractivity (Wildman–Crippen MR) is 83.5 cm³/mol. The predicted octanol–water partition coefficient (Wildman–Crippen LogP) is 5.20. The summed E-state index contributed by atoms with van der Waals surface area (Å²) in [7, 11) is 0. The minimum Gasteiger partial charge on any atom is -0.0654 e. The molecular weight excluding hydrogens is 228 g/mol. The third-order valence-corrected chi connectivity index (χ3v) is 3.69. The van der Waals surface area contributed by atoms with E-state index >= 15 is 0 Å². The minimum absolute atomic E-state index is 1.14. The van der Waals surface area contributed by atoms with Crippen LogP contribution in [0.25, 0.3) is 0 Å². The van der Waals surface area contributed by atoms with Gasteiger partial charge in [-0.05, 0) is 42.4 Å². The first kappa shape index (κ1) is 13.9. The lowest BCUT2D eigenvalue weighted by molar-refractivity contribution is 0.712. The largest absolute Gasteiger partial charge is 0.0654 e. The van der Waals surface area contributed by atoms with Crippen LogP contribution in [0.5, 0.6) is 0 Å². The van der Waals surface area contributed by atoms with E-state index in [1.54, 1.807) is 5.56 Å². The van der Waals surface area contributed by atoms with E-state index in [1.165, 1.54) is 36.8 Å². The molecule has 100 valence electrons. The van der Waals surface area contributed by atoms with Crippen LogP contribution in [0.1, 0.15) is 42.9 Å². The van der Waals surface area contributed by atoms with Gasteiger partial charge in [-0.2, -0.15) is 0 Å². The van der Waals surface area contributed by atoms with E-state index in [2.05, 4.69) is 61.5 Å². The fraction of sp³-hybridized carbons (Fsp3) is 0.368. The zero-order valence-corrected chi connectivity index (χ0v) is 11.9. The van der Waals surface area contributed by atoms with Gasteiger partial charge in [0.15, 0.2) is 0 Å². The first-order valence-electron chi connectivity index (χ1n) is 7.51. The van der Waals surface area contributed by atoms with Crippen molar-refractivity contribution in [3.8, 4) is 0 Å². The maximum absolute atomic E-state index is 2.30. The Hall–Kier alpha value is -1.56. The number of benzene rings is 2. The highest BCUT2D eigenvalue weighted by Gasteiger charge is 2.02. The van der Waals surface area contributed by atoms with Gasteiger partial charge in [0.05, 0.1) is 0 Å². The van der Waals surface area contributed by atoms with Crippen LogP contribution in [-0.2, 0) is 19.3 Å². The summed E-state index contributed by atoms with van der Waals surface area (Å²) in [5, 5.41) is 0. The molecule has 2 aromatic carbocycles. The van der Waals surface area contributed by atoms with Gasteiger partial charge in [-0.3, -0.25) is 0 Å². The van der Waals surface area contributed by atoms with Crippen LogP contribution in [0.4, 0.5) is 0 Å². The molecule has 0 N–H and O–H groups in total. The molecule has 0 aliphatic carbocycles. The van der Waals surface area contributed by atoms with Crippen LogP contribution in [0.3, 0.4) is 0 Å². The van der Waals surface area contributed by atoms with Gasteiger partial charge in [-0.25, -0.2) is 0 Å². The monoisotopic (exact) mass is 252 g/mol. The molecule has 0 aromatic heterocycles. The molecule has 0 saturated heterocycles. The summed E-state index contributed by atoms with van der Waals surface area (Å²) >= 11 is 0. The number of rotatable bonds is 7. The highest BCUT2D eigenvalue weighted by molar-refractivity contribution is 5.28. The Morgan fingerprint density at radius 2 is 1.26 bits per heavy atom. The highest BCUT2D eigenvalue weighted by atomic mass is 14.1. The zero-order valence-electron chi connectivity index (χ0n) is 11.9. The Morgan fingerprint density at radius 1 is 0.632 bits per heavy atom. The Kier molecular flexibility index (Phi) is 5.68. The second-order valence-corrected chi connectivity index (χ2v) is 5.21. The maximum Gasteiger partial charge on any atom is -0.0236 e. The van der Waals surface area contributed by atoms with Crippen LogP contribution in [0, 0.1) is 0 Å². The van der Waals surface area contributed by atoms with E-state index in [4.69, 9.17) is 0 Å². The lowest BCUT2D eigenvalue weighted by Gasteiger charge is -2.09. The number of aryl methyl sites for hydroxylation is 3. The number of unbranched alkanes of at least 4 members (excludes halogenated alkanes) is 2. The Labute approximate surface area is 117 Å². The van der Waals surface area contributed by atoms with Crippen molar-refractivity contribution in [2.45, 2.75) is 45.4 Å². The normalized spacial score (nSPS) is 10.6. The third-order valence-electron chi connectivity index (χ3n) is 3.69. The van der Waals surface area contributed by atoms with E-state index in [9.17, 15) is 0 Å². The molecule has 2 aromatic rings. The minimum atomic E-state index is 1.14. The van der Waals surface area contributed by atoms with Gasteiger partial charge in [0.25, 0.3) is 0 Å². The second kappa shape index (κ2) is 7.78. The summed E-state index contributed by atoms with van der Waals surface area (Å²) in [6, 6.07) is 19.7. The Morgan fingerprint density at radius 3 is 1.95 bits per heavy atom. The van der Waals surface area contributed by atoms with Gasteiger partial charge in [0.1, 0.15) is 0 Å². The van der Waals surface area contributed by atoms with Crippen molar-refractivity contribution in [2.75, 3.05) is 0 Å². The van der Waals surface area contributed by atoms with Gasteiger partial charge in [-0.15, -0.1) is 0 Å². The molecule has 0 aliphatic heterocycles.